The Morgan fingerprint density at radius 1 is 1.18 bits per heavy atom. The molecule has 2 heteroatoms. The Morgan fingerprint density at radius 3 is 2.24 bits per heavy atom. The predicted octanol–water partition coefficient (Wildman–Crippen LogP) is 4.39. The first-order valence-corrected chi connectivity index (χ1v) is 6.97. The molecule has 98 valence electrons. The summed E-state index contributed by atoms with van der Waals surface area (Å²) in [7, 11) is 0. The number of carbonyl (C=O) groups is 1. The Bertz CT molecular complexity index is 271. The number of hydrogen-bond donors (Lipinski definition) is 0. The van der Waals surface area contributed by atoms with Crippen LogP contribution in [-0.4, -0.2) is 11.6 Å². The monoisotopic (exact) mass is 238 g/mol. The highest BCUT2D eigenvalue weighted by atomic mass is 16.6. The van der Waals surface area contributed by atoms with Crippen LogP contribution in [0.5, 0.6) is 0 Å². The van der Waals surface area contributed by atoms with Gasteiger partial charge in [-0.3, -0.25) is 0 Å². The maximum atomic E-state index is 11.9. The van der Waals surface area contributed by atoms with Gasteiger partial charge in [-0.2, -0.15) is 0 Å². The van der Waals surface area contributed by atoms with E-state index in [0.29, 0.717) is 0 Å². The minimum Gasteiger partial charge on any atom is -0.456 e. The summed E-state index contributed by atoms with van der Waals surface area (Å²) in [5.74, 6) is -0.130. The van der Waals surface area contributed by atoms with Crippen LogP contribution in [0.25, 0.3) is 0 Å². The maximum absolute atomic E-state index is 11.9. The Morgan fingerprint density at radius 2 is 1.71 bits per heavy atom. The predicted molar refractivity (Wildman–Crippen MR) is 70.9 cm³/mol. The SMILES string of the molecule is CCC=C(C)C(=O)OC1(C)CCCCCCC1. The van der Waals surface area contributed by atoms with Crippen LogP contribution in [0, 0.1) is 0 Å². The molecule has 0 aromatic heterocycles. The molecule has 1 saturated carbocycles. The fourth-order valence-electron chi connectivity index (χ4n) is 2.45. The zero-order valence-corrected chi connectivity index (χ0v) is 11.6. The second-order valence-electron chi connectivity index (χ2n) is 5.40. The number of allylic oxidation sites excluding steroid dienone is 1. The minimum atomic E-state index is -0.236. The van der Waals surface area contributed by atoms with E-state index in [1.54, 1.807) is 0 Å². The van der Waals surface area contributed by atoms with Gasteiger partial charge < -0.3 is 4.74 Å². The molecule has 0 radical (unpaired) electrons. The molecule has 0 spiro atoms. The van der Waals surface area contributed by atoms with E-state index in [0.717, 1.165) is 24.8 Å². The molecule has 0 heterocycles. The summed E-state index contributed by atoms with van der Waals surface area (Å²) in [5.41, 5.74) is 0.510. The van der Waals surface area contributed by atoms with Crippen molar-refractivity contribution < 1.29 is 9.53 Å². The lowest BCUT2D eigenvalue weighted by Gasteiger charge is -2.31. The van der Waals surface area contributed by atoms with E-state index < -0.39 is 0 Å². The van der Waals surface area contributed by atoms with Crippen LogP contribution in [0.1, 0.15) is 72.1 Å². The summed E-state index contributed by atoms with van der Waals surface area (Å²) in [6.45, 7) is 5.97. The van der Waals surface area contributed by atoms with Crippen molar-refractivity contribution in [3.63, 3.8) is 0 Å². The molecule has 1 aliphatic carbocycles. The number of esters is 1. The van der Waals surface area contributed by atoms with Gasteiger partial charge >= 0.3 is 5.97 Å². The third-order valence-corrected chi connectivity index (χ3v) is 3.58. The Labute approximate surface area is 105 Å². The highest BCUT2D eigenvalue weighted by Crippen LogP contribution is 2.30. The lowest BCUT2D eigenvalue weighted by molar-refractivity contribution is -0.155. The van der Waals surface area contributed by atoms with Crippen LogP contribution in [0.3, 0.4) is 0 Å². The molecule has 1 fully saturated rings. The van der Waals surface area contributed by atoms with Crippen LogP contribution in [0.15, 0.2) is 11.6 Å². The second-order valence-corrected chi connectivity index (χ2v) is 5.40. The van der Waals surface area contributed by atoms with Crippen molar-refractivity contribution in [1.82, 2.24) is 0 Å². The van der Waals surface area contributed by atoms with Crippen LogP contribution >= 0.6 is 0 Å². The topological polar surface area (TPSA) is 26.3 Å². The zero-order chi connectivity index (χ0) is 12.7. The molecule has 1 aliphatic rings. The molecule has 0 bridgehead atoms. The summed E-state index contributed by atoms with van der Waals surface area (Å²) in [6.07, 6.45) is 11.1. The van der Waals surface area contributed by atoms with Gasteiger partial charge in [-0.05, 0) is 46.0 Å². The van der Waals surface area contributed by atoms with Gasteiger partial charge in [0.15, 0.2) is 0 Å². The highest BCUT2D eigenvalue weighted by molar-refractivity contribution is 5.88. The third kappa shape index (κ3) is 4.93. The van der Waals surface area contributed by atoms with Gasteiger partial charge in [0.2, 0.25) is 0 Å². The van der Waals surface area contributed by atoms with Crippen molar-refractivity contribution in [2.24, 2.45) is 0 Å². The molecular weight excluding hydrogens is 212 g/mol. The van der Waals surface area contributed by atoms with Crippen LogP contribution in [-0.2, 0) is 9.53 Å². The average molecular weight is 238 g/mol. The maximum Gasteiger partial charge on any atom is 0.333 e. The van der Waals surface area contributed by atoms with Crippen molar-refractivity contribution in [2.45, 2.75) is 77.7 Å². The Kier molecular flexibility index (Phi) is 5.73. The molecular formula is C15H26O2. The first-order chi connectivity index (χ1) is 8.07. The van der Waals surface area contributed by atoms with E-state index in [-0.39, 0.29) is 11.6 Å². The molecule has 0 aromatic carbocycles. The standard InChI is InChI=1S/C15H26O2/c1-4-10-13(2)14(16)17-15(3)11-8-6-5-7-9-12-15/h10H,4-9,11-12H2,1-3H3. The molecule has 0 atom stereocenters. The molecule has 0 aliphatic heterocycles. The van der Waals surface area contributed by atoms with Crippen LogP contribution in [0.4, 0.5) is 0 Å². The first kappa shape index (κ1) is 14.3. The van der Waals surface area contributed by atoms with Gasteiger partial charge in [0, 0.05) is 5.57 Å². The van der Waals surface area contributed by atoms with E-state index in [4.69, 9.17) is 4.74 Å². The molecule has 0 unspecified atom stereocenters. The largest absolute Gasteiger partial charge is 0.456 e. The lowest BCUT2D eigenvalue weighted by atomic mass is 9.88. The van der Waals surface area contributed by atoms with Crippen molar-refractivity contribution in [3.8, 4) is 0 Å². The van der Waals surface area contributed by atoms with Crippen molar-refractivity contribution in [2.75, 3.05) is 0 Å². The number of rotatable bonds is 3. The van der Waals surface area contributed by atoms with Crippen molar-refractivity contribution in [3.05, 3.63) is 11.6 Å². The first-order valence-electron chi connectivity index (χ1n) is 6.97. The summed E-state index contributed by atoms with van der Waals surface area (Å²) in [5, 5.41) is 0. The molecule has 0 aromatic rings. The molecule has 0 saturated heterocycles. The fraction of sp³-hybridized carbons (Fsp3) is 0.800. The molecule has 0 amide bonds. The van der Waals surface area contributed by atoms with Crippen LogP contribution in [0.2, 0.25) is 0 Å². The Hall–Kier alpha value is -0.790. The van der Waals surface area contributed by atoms with Gasteiger partial charge in [-0.15, -0.1) is 0 Å². The van der Waals surface area contributed by atoms with Crippen molar-refractivity contribution in [1.29, 1.82) is 0 Å². The summed E-state index contributed by atoms with van der Waals surface area (Å²) in [6, 6.07) is 0. The van der Waals surface area contributed by atoms with Gasteiger partial charge in [0.1, 0.15) is 5.60 Å². The highest BCUT2D eigenvalue weighted by Gasteiger charge is 2.29. The molecule has 0 N–H and O–H groups in total. The molecule has 2 nitrogen and oxygen atoms in total. The normalized spacial score (nSPS) is 21.5. The summed E-state index contributed by atoms with van der Waals surface area (Å²) < 4.78 is 5.72. The van der Waals surface area contributed by atoms with E-state index in [2.05, 4.69) is 6.92 Å². The van der Waals surface area contributed by atoms with Gasteiger partial charge in [-0.1, -0.05) is 32.3 Å². The Balaban J connectivity index is 2.56. The molecule has 1 rings (SSSR count). The lowest BCUT2D eigenvalue weighted by Crippen LogP contribution is -2.32. The van der Waals surface area contributed by atoms with E-state index >= 15 is 0 Å². The number of ether oxygens (including phenoxy) is 1. The van der Waals surface area contributed by atoms with Crippen LogP contribution < -0.4 is 0 Å². The van der Waals surface area contributed by atoms with E-state index in [9.17, 15) is 4.79 Å². The zero-order valence-electron chi connectivity index (χ0n) is 11.6. The third-order valence-electron chi connectivity index (χ3n) is 3.58. The quantitative estimate of drug-likeness (QED) is 0.538. The second kappa shape index (κ2) is 6.83. The van der Waals surface area contributed by atoms with E-state index in [1.807, 2.05) is 19.9 Å². The number of carbonyl (C=O) groups excluding carboxylic acids is 1. The van der Waals surface area contributed by atoms with Crippen molar-refractivity contribution >= 4 is 5.97 Å². The van der Waals surface area contributed by atoms with Gasteiger partial charge in [-0.25, -0.2) is 4.79 Å². The summed E-state index contributed by atoms with van der Waals surface area (Å²) in [4.78, 5) is 11.9. The fourth-order valence-corrected chi connectivity index (χ4v) is 2.45. The minimum absolute atomic E-state index is 0.130. The number of hydrogen-bond acceptors (Lipinski definition) is 2. The average Bonchev–Trinajstić information content (AvgIpc) is 2.25. The van der Waals surface area contributed by atoms with E-state index in [1.165, 1.54) is 32.1 Å². The smallest absolute Gasteiger partial charge is 0.333 e. The molecule has 17 heavy (non-hydrogen) atoms. The summed E-state index contributed by atoms with van der Waals surface area (Å²) >= 11 is 0. The van der Waals surface area contributed by atoms with Gasteiger partial charge in [0.05, 0.1) is 0 Å². The van der Waals surface area contributed by atoms with Gasteiger partial charge in [0.25, 0.3) is 0 Å².